The zero-order valence-corrected chi connectivity index (χ0v) is 10.5. The Morgan fingerprint density at radius 1 is 1.21 bits per heavy atom. The SMILES string of the molecule is COc1ccc(NC(=O)COc2cccnc2)cc1. The van der Waals surface area contributed by atoms with Crippen LogP contribution in [0.3, 0.4) is 0 Å². The Morgan fingerprint density at radius 2 is 2.00 bits per heavy atom. The summed E-state index contributed by atoms with van der Waals surface area (Å²) in [5, 5.41) is 2.72. The fourth-order valence-electron chi connectivity index (χ4n) is 1.45. The fourth-order valence-corrected chi connectivity index (χ4v) is 1.45. The molecule has 0 aliphatic carbocycles. The molecule has 1 N–H and O–H groups in total. The zero-order valence-electron chi connectivity index (χ0n) is 10.5. The summed E-state index contributed by atoms with van der Waals surface area (Å²) in [6.45, 7) is -0.0578. The number of methoxy groups -OCH3 is 1. The predicted molar refractivity (Wildman–Crippen MR) is 71.4 cm³/mol. The van der Waals surface area contributed by atoms with Crippen molar-refractivity contribution in [3.8, 4) is 11.5 Å². The molecule has 0 spiro atoms. The van der Waals surface area contributed by atoms with Crippen LogP contribution in [0, 0.1) is 0 Å². The van der Waals surface area contributed by atoms with E-state index in [1.54, 1.807) is 55.9 Å². The summed E-state index contributed by atoms with van der Waals surface area (Å²) in [5.74, 6) is 1.08. The van der Waals surface area contributed by atoms with E-state index in [1.165, 1.54) is 0 Å². The number of pyridine rings is 1. The molecular weight excluding hydrogens is 244 g/mol. The molecule has 1 aromatic carbocycles. The molecule has 98 valence electrons. The van der Waals surface area contributed by atoms with Gasteiger partial charge in [0.15, 0.2) is 6.61 Å². The van der Waals surface area contributed by atoms with E-state index in [-0.39, 0.29) is 12.5 Å². The highest BCUT2D eigenvalue weighted by molar-refractivity contribution is 5.91. The molecule has 0 saturated carbocycles. The highest BCUT2D eigenvalue weighted by atomic mass is 16.5. The van der Waals surface area contributed by atoms with Crippen molar-refractivity contribution in [3.05, 3.63) is 48.8 Å². The van der Waals surface area contributed by atoms with Gasteiger partial charge in [-0.3, -0.25) is 9.78 Å². The van der Waals surface area contributed by atoms with Gasteiger partial charge in [0, 0.05) is 11.9 Å². The lowest BCUT2D eigenvalue weighted by Gasteiger charge is -2.07. The van der Waals surface area contributed by atoms with Gasteiger partial charge >= 0.3 is 0 Å². The molecule has 0 saturated heterocycles. The summed E-state index contributed by atoms with van der Waals surface area (Å²) in [5.41, 5.74) is 0.695. The second-order valence-electron chi connectivity index (χ2n) is 3.75. The van der Waals surface area contributed by atoms with E-state index in [0.29, 0.717) is 11.4 Å². The van der Waals surface area contributed by atoms with Gasteiger partial charge in [0.1, 0.15) is 11.5 Å². The van der Waals surface area contributed by atoms with Crippen molar-refractivity contribution in [3.63, 3.8) is 0 Å². The average Bonchev–Trinajstić information content (AvgIpc) is 2.47. The first-order valence-corrected chi connectivity index (χ1v) is 5.74. The fraction of sp³-hybridized carbons (Fsp3) is 0.143. The summed E-state index contributed by atoms with van der Waals surface area (Å²) in [4.78, 5) is 15.5. The Bertz CT molecular complexity index is 526. The minimum absolute atomic E-state index is 0.0578. The van der Waals surface area contributed by atoms with Gasteiger partial charge in [-0.15, -0.1) is 0 Å². The van der Waals surface area contributed by atoms with Crippen LogP contribution in [0.4, 0.5) is 5.69 Å². The third-order valence-corrected chi connectivity index (χ3v) is 2.38. The van der Waals surface area contributed by atoms with E-state index in [0.717, 1.165) is 5.75 Å². The molecular formula is C14H14N2O3. The molecule has 0 aliphatic rings. The number of anilines is 1. The first-order chi connectivity index (χ1) is 9.28. The maximum absolute atomic E-state index is 11.7. The molecule has 1 heterocycles. The third-order valence-electron chi connectivity index (χ3n) is 2.38. The summed E-state index contributed by atoms with van der Waals surface area (Å²) >= 11 is 0. The van der Waals surface area contributed by atoms with Crippen LogP contribution in [0.5, 0.6) is 11.5 Å². The predicted octanol–water partition coefficient (Wildman–Crippen LogP) is 2.11. The second-order valence-corrected chi connectivity index (χ2v) is 3.75. The van der Waals surface area contributed by atoms with Crippen LogP contribution in [0.1, 0.15) is 0 Å². The van der Waals surface area contributed by atoms with Crippen LogP contribution in [0.2, 0.25) is 0 Å². The number of hydrogen-bond acceptors (Lipinski definition) is 4. The lowest BCUT2D eigenvalue weighted by molar-refractivity contribution is -0.118. The first kappa shape index (κ1) is 12.9. The number of rotatable bonds is 5. The maximum atomic E-state index is 11.7. The molecule has 19 heavy (non-hydrogen) atoms. The molecule has 0 aliphatic heterocycles. The second kappa shape index (κ2) is 6.39. The highest BCUT2D eigenvalue weighted by Crippen LogP contribution is 2.15. The molecule has 5 heteroatoms. The Kier molecular flexibility index (Phi) is 4.34. The number of nitrogens with zero attached hydrogens (tertiary/aromatic N) is 1. The van der Waals surface area contributed by atoms with Crippen LogP contribution in [-0.4, -0.2) is 24.6 Å². The van der Waals surface area contributed by atoms with E-state index in [4.69, 9.17) is 9.47 Å². The van der Waals surface area contributed by atoms with Crippen LogP contribution in [-0.2, 0) is 4.79 Å². The van der Waals surface area contributed by atoms with Gasteiger partial charge in [0.25, 0.3) is 5.91 Å². The molecule has 0 bridgehead atoms. The monoisotopic (exact) mass is 258 g/mol. The molecule has 2 aromatic rings. The Morgan fingerprint density at radius 3 is 2.63 bits per heavy atom. The van der Waals surface area contributed by atoms with Crippen LogP contribution < -0.4 is 14.8 Å². The molecule has 1 aromatic heterocycles. The van der Waals surface area contributed by atoms with Gasteiger partial charge in [-0.25, -0.2) is 0 Å². The number of aromatic nitrogens is 1. The first-order valence-electron chi connectivity index (χ1n) is 5.74. The van der Waals surface area contributed by atoms with Crippen molar-refractivity contribution in [1.29, 1.82) is 0 Å². The average molecular weight is 258 g/mol. The normalized spacial score (nSPS) is 9.74. The van der Waals surface area contributed by atoms with Crippen LogP contribution in [0.25, 0.3) is 0 Å². The molecule has 0 radical (unpaired) electrons. The minimum atomic E-state index is -0.228. The summed E-state index contributed by atoms with van der Waals surface area (Å²) < 4.78 is 10.3. The molecule has 0 atom stereocenters. The third kappa shape index (κ3) is 3.99. The Labute approximate surface area is 111 Å². The van der Waals surface area contributed by atoms with E-state index < -0.39 is 0 Å². The van der Waals surface area contributed by atoms with Gasteiger partial charge in [0.05, 0.1) is 13.3 Å². The lowest BCUT2D eigenvalue weighted by atomic mass is 10.3. The Hall–Kier alpha value is -2.56. The zero-order chi connectivity index (χ0) is 13.5. The van der Waals surface area contributed by atoms with Gasteiger partial charge < -0.3 is 14.8 Å². The number of ether oxygens (including phenoxy) is 2. The standard InChI is InChI=1S/C14H14N2O3/c1-18-12-6-4-11(5-7-12)16-14(17)10-19-13-3-2-8-15-9-13/h2-9H,10H2,1H3,(H,16,17). The van der Waals surface area contributed by atoms with E-state index in [2.05, 4.69) is 10.3 Å². The summed E-state index contributed by atoms with van der Waals surface area (Å²) in [7, 11) is 1.59. The van der Waals surface area contributed by atoms with Crippen molar-refractivity contribution in [2.24, 2.45) is 0 Å². The number of carbonyl (C=O) groups is 1. The van der Waals surface area contributed by atoms with Gasteiger partial charge in [-0.2, -0.15) is 0 Å². The number of amides is 1. The quantitative estimate of drug-likeness (QED) is 0.892. The van der Waals surface area contributed by atoms with Crippen molar-refractivity contribution in [2.45, 2.75) is 0 Å². The summed E-state index contributed by atoms with van der Waals surface area (Å²) in [6.07, 6.45) is 3.20. The molecule has 0 unspecified atom stereocenters. The minimum Gasteiger partial charge on any atom is -0.497 e. The lowest BCUT2D eigenvalue weighted by Crippen LogP contribution is -2.20. The van der Waals surface area contributed by atoms with Crippen molar-refractivity contribution in [1.82, 2.24) is 4.98 Å². The van der Waals surface area contributed by atoms with Crippen LogP contribution in [0.15, 0.2) is 48.8 Å². The van der Waals surface area contributed by atoms with Gasteiger partial charge in [-0.05, 0) is 36.4 Å². The summed E-state index contributed by atoms with van der Waals surface area (Å²) in [6, 6.07) is 10.6. The van der Waals surface area contributed by atoms with Gasteiger partial charge in [-0.1, -0.05) is 0 Å². The molecule has 2 rings (SSSR count). The number of nitrogens with one attached hydrogen (secondary N) is 1. The van der Waals surface area contributed by atoms with Crippen LogP contribution >= 0.6 is 0 Å². The van der Waals surface area contributed by atoms with E-state index in [1.807, 2.05) is 0 Å². The molecule has 1 amide bonds. The smallest absolute Gasteiger partial charge is 0.262 e. The van der Waals surface area contributed by atoms with Crippen molar-refractivity contribution in [2.75, 3.05) is 19.0 Å². The van der Waals surface area contributed by atoms with E-state index in [9.17, 15) is 4.79 Å². The van der Waals surface area contributed by atoms with Gasteiger partial charge in [0.2, 0.25) is 0 Å². The van der Waals surface area contributed by atoms with E-state index >= 15 is 0 Å². The number of hydrogen-bond donors (Lipinski definition) is 1. The number of carbonyl (C=O) groups excluding carboxylic acids is 1. The van der Waals surface area contributed by atoms with Crippen molar-refractivity contribution < 1.29 is 14.3 Å². The van der Waals surface area contributed by atoms with Crippen molar-refractivity contribution >= 4 is 11.6 Å². The Balaban J connectivity index is 1.83. The molecule has 5 nitrogen and oxygen atoms in total. The maximum Gasteiger partial charge on any atom is 0.262 e. The largest absolute Gasteiger partial charge is 0.497 e. The highest BCUT2D eigenvalue weighted by Gasteiger charge is 2.03. The number of benzene rings is 1. The molecule has 0 fully saturated rings. The topological polar surface area (TPSA) is 60.5 Å².